The second kappa shape index (κ2) is 7.55. The molecule has 1 atom stereocenters. The van der Waals surface area contributed by atoms with E-state index in [1.165, 1.54) is 0 Å². The summed E-state index contributed by atoms with van der Waals surface area (Å²) in [6, 6.07) is 0. The van der Waals surface area contributed by atoms with Gasteiger partial charge in [-0.2, -0.15) is 0 Å². The lowest BCUT2D eigenvalue weighted by molar-refractivity contribution is 0.0534. The first kappa shape index (κ1) is 17.9. The van der Waals surface area contributed by atoms with E-state index in [0.717, 1.165) is 0 Å². The Kier molecular flexibility index (Phi) is 12.3. The first-order chi connectivity index (χ1) is 3.95. The Bertz CT molecular complexity index is 129. The van der Waals surface area contributed by atoms with Gasteiger partial charge in [0.25, 0.3) is 0 Å². The van der Waals surface area contributed by atoms with Gasteiger partial charge in [0.2, 0.25) is 6.36 Å². The molecule has 0 rings (SSSR count). The first-order valence-electron chi connectivity index (χ1n) is 1.89. The van der Waals surface area contributed by atoms with Crippen LogP contribution in [-0.2, 0) is 9.09 Å². The molecule has 0 aromatic rings. The maximum absolute atomic E-state index is 11.8. The fraction of sp³-hybridized carbons (Fsp3) is 1.00. The summed E-state index contributed by atoms with van der Waals surface area (Å²) < 4.78 is 25.0. The van der Waals surface area contributed by atoms with Crippen LogP contribution in [0.15, 0.2) is 0 Å². The fourth-order valence-electron chi connectivity index (χ4n) is 0.177. The fourth-order valence-corrected chi connectivity index (χ4v) is 0.701. The molecule has 0 aliphatic heterocycles. The van der Waals surface area contributed by atoms with Gasteiger partial charge in [-0.25, -0.2) is 8.96 Å². The molecule has 0 saturated carbocycles. The van der Waals surface area contributed by atoms with Gasteiger partial charge in [-0.15, -0.1) is 36.4 Å². The van der Waals surface area contributed by atoms with Gasteiger partial charge in [0, 0.05) is 0 Å². The zero-order valence-electron chi connectivity index (χ0n) is 5.02. The van der Waals surface area contributed by atoms with Crippen LogP contribution in [0.25, 0.3) is 0 Å². The van der Waals surface area contributed by atoms with Gasteiger partial charge in [0.1, 0.15) is 0 Å². The van der Waals surface area contributed by atoms with E-state index in [9.17, 15) is 8.96 Å². The molecule has 72 valence electrons. The van der Waals surface area contributed by atoms with Crippen molar-refractivity contribution in [2.75, 3.05) is 5.88 Å². The minimum Gasteiger partial charge on any atom is -0.303 e. The molecule has 11 heavy (non-hydrogen) atoms. The Labute approximate surface area is 80.1 Å². The molecular weight excluding hydrogens is 244 g/mol. The number of phosphoric acid groups is 1. The Hall–Kier alpha value is 0.910. The van der Waals surface area contributed by atoms with Gasteiger partial charge < -0.3 is 9.79 Å². The summed E-state index contributed by atoms with van der Waals surface area (Å²) in [5, 5.41) is 0. The van der Waals surface area contributed by atoms with E-state index in [4.69, 9.17) is 21.4 Å². The van der Waals surface area contributed by atoms with Gasteiger partial charge in [0.05, 0.1) is 5.88 Å². The molecule has 0 saturated heterocycles. The number of hydrogen-bond acceptors (Lipinski definition) is 2. The predicted molar refractivity (Wildman–Crippen MR) is 43.2 cm³/mol. The van der Waals surface area contributed by atoms with E-state index < -0.39 is 20.1 Å². The van der Waals surface area contributed by atoms with Crippen LogP contribution < -0.4 is 0 Å². The summed E-state index contributed by atoms with van der Waals surface area (Å²) in [7, 11) is -4.70. The van der Waals surface area contributed by atoms with E-state index in [1.54, 1.807) is 0 Å². The highest BCUT2D eigenvalue weighted by molar-refractivity contribution is 7.46. The topological polar surface area (TPSA) is 66.8 Å². The van der Waals surface area contributed by atoms with Crippen LogP contribution in [0.5, 0.6) is 0 Å². The van der Waals surface area contributed by atoms with E-state index in [0.29, 0.717) is 0 Å². The number of phosphoric ester groups is 1. The van der Waals surface area contributed by atoms with Crippen LogP contribution in [-0.4, -0.2) is 22.0 Å². The molecule has 0 fully saturated rings. The van der Waals surface area contributed by atoms with Crippen molar-refractivity contribution in [1.29, 1.82) is 0 Å². The van der Waals surface area contributed by atoms with Crippen LogP contribution in [0, 0.1) is 0 Å². The summed E-state index contributed by atoms with van der Waals surface area (Å²) in [5.74, 6) is -0.592. The third-order valence-electron chi connectivity index (χ3n) is 0.373. The molecule has 0 aromatic heterocycles. The minimum atomic E-state index is -4.70. The van der Waals surface area contributed by atoms with Crippen molar-refractivity contribution in [2.45, 2.75) is 6.36 Å². The zero-order chi connectivity index (χ0) is 7.49. The molecule has 0 aliphatic rings. The molecule has 0 bridgehead atoms. The van der Waals surface area contributed by atoms with Gasteiger partial charge in [-0.1, -0.05) is 0 Å². The summed E-state index contributed by atoms with van der Waals surface area (Å²) >= 11 is 4.81. The van der Waals surface area contributed by atoms with Gasteiger partial charge in [-0.3, -0.25) is 4.52 Å². The smallest absolute Gasteiger partial charge is 0.303 e. The lowest BCUT2D eigenvalue weighted by Crippen LogP contribution is -2.05. The normalized spacial score (nSPS) is 12.7. The molecule has 2 N–H and O–H groups in total. The number of hydrogen-bond donors (Lipinski definition) is 2. The molecule has 0 heterocycles. The Balaban J connectivity index is -0.000000320. The van der Waals surface area contributed by atoms with E-state index in [-0.39, 0.29) is 24.8 Å². The highest BCUT2D eigenvalue weighted by atomic mass is 35.5. The molecule has 0 aliphatic carbocycles. The molecular formula is C2H7Cl3FO4P. The van der Waals surface area contributed by atoms with Crippen molar-refractivity contribution in [3.63, 3.8) is 0 Å². The minimum absolute atomic E-state index is 0. The summed E-state index contributed by atoms with van der Waals surface area (Å²) in [5.41, 5.74) is 0. The largest absolute Gasteiger partial charge is 0.472 e. The quantitative estimate of drug-likeness (QED) is 0.589. The zero-order valence-corrected chi connectivity index (χ0v) is 8.30. The highest BCUT2D eigenvalue weighted by Crippen LogP contribution is 2.37. The molecule has 0 spiro atoms. The Morgan fingerprint density at radius 3 is 2.00 bits per heavy atom. The molecule has 0 aromatic carbocycles. The Morgan fingerprint density at radius 1 is 1.55 bits per heavy atom. The number of rotatable bonds is 3. The van der Waals surface area contributed by atoms with Gasteiger partial charge in [-0.05, 0) is 0 Å². The highest BCUT2D eigenvalue weighted by Gasteiger charge is 2.20. The first-order valence-corrected chi connectivity index (χ1v) is 3.96. The van der Waals surface area contributed by atoms with Gasteiger partial charge in [0.15, 0.2) is 0 Å². The van der Waals surface area contributed by atoms with Crippen molar-refractivity contribution in [1.82, 2.24) is 0 Å². The second-order valence-corrected chi connectivity index (χ2v) is 2.66. The third-order valence-corrected chi connectivity index (χ3v) is 1.12. The maximum atomic E-state index is 11.8. The number of halogens is 4. The second-order valence-electron chi connectivity index (χ2n) is 1.16. The van der Waals surface area contributed by atoms with Crippen molar-refractivity contribution in [2.24, 2.45) is 0 Å². The van der Waals surface area contributed by atoms with Gasteiger partial charge >= 0.3 is 7.82 Å². The standard InChI is InChI=1S/C2H5ClFO4P.2ClH/c3-1-2(4)8-9(5,6)7;;/h2H,1H2,(H2,5,6,7);2*1H. The van der Waals surface area contributed by atoms with Crippen LogP contribution in [0.4, 0.5) is 4.39 Å². The SMILES string of the molecule is Cl.Cl.O=P(O)(O)OC(F)CCl. The van der Waals surface area contributed by atoms with Crippen LogP contribution in [0.3, 0.4) is 0 Å². The van der Waals surface area contributed by atoms with Crippen molar-refractivity contribution in [3.05, 3.63) is 0 Å². The summed E-state index contributed by atoms with van der Waals surface area (Å²) in [4.78, 5) is 15.8. The molecule has 4 nitrogen and oxygen atoms in total. The Morgan fingerprint density at radius 2 is 1.91 bits per heavy atom. The van der Waals surface area contributed by atoms with E-state index >= 15 is 0 Å². The summed E-state index contributed by atoms with van der Waals surface area (Å²) in [6.07, 6.45) is -2.10. The maximum Gasteiger partial charge on any atom is 0.472 e. The monoisotopic (exact) mass is 250 g/mol. The van der Waals surface area contributed by atoms with Crippen molar-refractivity contribution < 1.29 is 23.3 Å². The van der Waals surface area contributed by atoms with Crippen molar-refractivity contribution in [3.8, 4) is 0 Å². The predicted octanol–water partition coefficient (Wildman–Crippen LogP) is 1.47. The average Bonchev–Trinajstić information content (AvgIpc) is 1.62. The van der Waals surface area contributed by atoms with E-state index in [1.807, 2.05) is 0 Å². The summed E-state index contributed by atoms with van der Waals surface area (Å²) in [6.45, 7) is 0. The molecule has 1 unspecified atom stereocenters. The van der Waals surface area contributed by atoms with E-state index in [2.05, 4.69) is 4.52 Å². The molecule has 9 heteroatoms. The molecule has 0 radical (unpaired) electrons. The average molecular weight is 251 g/mol. The van der Waals surface area contributed by atoms with Crippen LogP contribution >= 0.6 is 44.2 Å². The number of alkyl halides is 2. The third kappa shape index (κ3) is 13.8. The lowest BCUT2D eigenvalue weighted by atomic mass is 10.8. The lowest BCUT2D eigenvalue weighted by Gasteiger charge is -2.05. The molecule has 0 amide bonds. The van der Waals surface area contributed by atoms with Crippen molar-refractivity contribution >= 4 is 44.2 Å². The van der Waals surface area contributed by atoms with Crippen LogP contribution in [0.1, 0.15) is 0 Å². The van der Waals surface area contributed by atoms with Crippen LogP contribution in [0.2, 0.25) is 0 Å².